The Morgan fingerprint density at radius 1 is 1.15 bits per heavy atom. The van der Waals surface area contributed by atoms with Gasteiger partial charge >= 0.3 is 5.97 Å². The van der Waals surface area contributed by atoms with Crippen molar-refractivity contribution in [1.82, 2.24) is 0 Å². The zero-order valence-corrected chi connectivity index (χ0v) is 14.8. The van der Waals surface area contributed by atoms with Crippen molar-refractivity contribution in [2.75, 3.05) is 12.4 Å². The third-order valence-electron chi connectivity index (χ3n) is 3.43. The Morgan fingerprint density at radius 3 is 2.50 bits per heavy atom. The molecule has 0 bridgehead atoms. The number of ether oxygens (including phenoxy) is 2. The molecule has 0 unspecified atom stereocenters. The summed E-state index contributed by atoms with van der Waals surface area (Å²) in [5, 5.41) is 2.49. The number of nitrogens with one attached hydrogen (secondary N) is 1. The van der Waals surface area contributed by atoms with Crippen LogP contribution in [-0.4, -0.2) is 25.1 Å². The minimum atomic E-state index is -1.17. The van der Waals surface area contributed by atoms with Crippen molar-refractivity contribution >= 4 is 29.2 Å². The van der Waals surface area contributed by atoms with Crippen molar-refractivity contribution in [2.24, 2.45) is 0 Å². The number of benzene rings is 2. The van der Waals surface area contributed by atoms with E-state index in [1.807, 2.05) is 0 Å². The monoisotopic (exact) mass is 383 g/mol. The summed E-state index contributed by atoms with van der Waals surface area (Å²) in [6, 6.07) is 7.80. The normalized spacial score (nSPS) is 11.6. The number of amides is 1. The SMILES string of the molecule is COc1ccc(CC(=O)O[C@H](C)C(=O)Nc2ccc(Cl)cc2F)cc1F. The fourth-order valence-electron chi connectivity index (χ4n) is 2.10. The van der Waals surface area contributed by atoms with Gasteiger partial charge in [0.05, 0.1) is 19.2 Å². The van der Waals surface area contributed by atoms with Crippen LogP contribution >= 0.6 is 11.6 Å². The summed E-state index contributed by atoms with van der Waals surface area (Å²) in [4.78, 5) is 23.9. The van der Waals surface area contributed by atoms with E-state index in [0.29, 0.717) is 5.56 Å². The van der Waals surface area contributed by atoms with Crippen molar-refractivity contribution < 1.29 is 27.8 Å². The van der Waals surface area contributed by atoms with Gasteiger partial charge in [-0.05, 0) is 42.8 Å². The van der Waals surface area contributed by atoms with E-state index in [4.69, 9.17) is 21.1 Å². The van der Waals surface area contributed by atoms with Gasteiger partial charge in [0.2, 0.25) is 0 Å². The van der Waals surface area contributed by atoms with Crippen LogP contribution in [0.1, 0.15) is 12.5 Å². The molecule has 1 N–H and O–H groups in total. The number of carbonyl (C=O) groups excluding carboxylic acids is 2. The zero-order valence-electron chi connectivity index (χ0n) is 14.0. The molecular formula is C18H16ClF2NO4. The van der Waals surface area contributed by atoms with Crippen molar-refractivity contribution in [3.63, 3.8) is 0 Å². The second-order valence-corrected chi connectivity index (χ2v) is 5.83. The highest BCUT2D eigenvalue weighted by Crippen LogP contribution is 2.20. The molecule has 2 aromatic carbocycles. The molecule has 0 saturated carbocycles. The molecule has 1 amide bonds. The summed E-state index contributed by atoms with van der Waals surface area (Å²) in [6.45, 7) is 1.34. The van der Waals surface area contributed by atoms with Crippen LogP contribution in [0.4, 0.5) is 14.5 Å². The molecule has 8 heteroatoms. The standard InChI is InChI=1S/C18H16ClF2NO4/c1-10(18(24)22-15-5-4-12(19)9-13(15)20)26-17(23)8-11-3-6-16(25-2)14(21)7-11/h3-7,9-10H,8H2,1-2H3,(H,22,24)/t10-/m1/s1. The number of hydrogen-bond acceptors (Lipinski definition) is 4. The van der Waals surface area contributed by atoms with E-state index >= 15 is 0 Å². The quantitative estimate of drug-likeness (QED) is 0.772. The van der Waals surface area contributed by atoms with Gasteiger partial charge in [-0.1, -0.05) is 17.7 Å². The molecule has 138 valence electrons. The number of halogens is 3. The summed E-state index contributed by atoms with van der Waals surface area (Å²) in [6.07, 6.45) is -1.39. The highest BCUT2D eigenvalue weighted by Gasteiger charge is 2.19. The first-order valence-electron chi connectivity index (χ1n) is 7.58. The number of hydrogen-bond donors (Lipinski definition) is 1. The largest absolute Gasteiger partial charge is 0.494 e. The number of rotatable bonds is 6. The molecule has 2 rings (SSSR count). The predicted octanol–water partition coefficient (Wildman–Crippen LogP) is 3.74. The Labute approximate surface area is 153 Å². The molecule has 0 aromatic heterocycles. The molecule has 2 aromatic rings. The fraction of sp³-hybridized carbons (Fsp3) is 0.222. The Bertz CT molecular complexity index is 829. The molecule has 0 aliphatic carbocycles. The lowest BCUT2D eigenvalue weighted by Gasteiger charge is -2.14. The van der Waals surface area contributed by atoms with E-state index in [-0.39, 0.29) is 22.9 Å². The van der Waals surface area contributed by atoms with Gasteiger partial charge in [-0.25, -0.2) is 8.78 Å². The maximum atomic E-state index is 13.7. The highest BCUT2D eigenvalue weighted by molar-refractivity contribution is 6.30. The maximum Gasteiger partial charge on any atom is 0.311 e. The summed E-state index contributed by atoms with van der Waals surface area (Å²) >= 11 is 5.64. The van der Waals surface area contributed by atoms with E-state index in [0.717, 1.165) is 12.1 Å². The smallest absolute Gasteiger partial charge is 0.311 e. The molecule has 0 radical (unpaired) electrons. The first kappa shape index (κ1) is 19.7. The zero-order chi connectivity index (χ0) is 19.3. The van der Waals surface area contributed by atoms with Gasteiger partial charge in [0.1, 0.15) is 5.82 Å². The fourth-order valence-corrected chi connectivity index (χ4v) is 2.26. The number of esters is 1. The average Bonchev–Trinajstić information content (AvgIpc) is 2.57. The average molecular weight is 384 g/mol. The Balaban J connectivity index is 1.93. The first-order valence-corrected chi connectivity index (χ1v) is 7.95. The summed E-state index contributed by atoms with van der Waals surface area (Å²) in [5.41, 5.74) is 0.282. The molecule has 0 aliphatic rings. The molecule has 0 spiro atoms. The van der Waals surface area contributed by atoms with Gasteiger partial charge in [0.25, 0.3) is 5.91 Å². The van der Waals surface area contributed by atoms with Gasteiger partial charge in [0, 0.05) is 5.02 Å². The second kappa shape index (κ2) is 8.62. The molecule has 0 aliphatic heterocycles. The maximum absolute atomic E-state index is 13.7. The lowest BCUT2D eigenvalue weighted by atomic mass is 10.1. The van der Waals surface area contributed by atoms with E-state index in [1.165, 1.54) is 38.3 Å². The van der Waals surface area contributed by atoms with E-state index in [2.05, 4.69) is 5.32 Å². The van der Waals surface area contributed by atoms with Crippen LogP contribution in [0.25, 0.3) is 0 Å². The minimum absolute atomic E-state index is 0.0554. The molecule has 1 atom stereocenters. The molecule has 0 fully saturated rings. The lowest BCUT2D eigenvalue weighted by Crippen LogP contribution is -2.30. The van der Waals surface area contributed by atoms with Crippen LogP contribution in [0.3, 0.4) is 0 Å². The molecule has 5 nitrogen and oxygen atoms in total. The first-order chi connectivity index (χ1) is 12.3. The van der Waals surface area contributed by atoms with Gasteiger partial charge in [0.15, 0.2) is 17.7 Å². The summed E-state index contributed by atoms with van der Waals surface area (Å²) in [5.74, 6) is -2.70. The van der Waals surface area contributed by atoms with Crippen molar-refractivity contribution in [3.8, 4) is 5.75 Å². The lowest BCUT2D eigenvalue weighted by molar-refractivity contribution is -0.152. The van der Waals surface area contributed by atoms with Crippen molar-refractivity contribution in [1.29, 1.82) is 0 Å². The van der Waals surface area contributed by atoms with Crippen molar-refractivity contribution in [3.05, 3.63) is 58.6 Å². The van der Waals surface area contributed by atoms with Crippen LogP contribution in [0.5, 0.6) is 5.75 Å². The Kier molecular flexibility index (Phi) is 6.52. The number of anilines is 1. The Hall–Kier alpha value is -2.67. The highest BCUT2D eigenvalue weighted by atomic mass is 35.5. The van der Waals surface area contributed by atoms with Crippen molar-refractivity contribution in [2.45, 2.75) is 19.4 Å². The van der Waals surface area contributed by atoms with Crippen LogP contribution in [0.15, 0.2) is 36.4 Å². The van der Waals surface area contributed by atoms with Crippen LogP contribution in [-0.2, 0) is 20.7 Å². The number of methoxy groups -OCH3 is 1. The summed E-state index contributed by atoms with van der Waals surface area (Å²) in [7, 11) is 1.33. The van der Waals surface area contributed by atoms with Gasteiger partial charge in [-0.15, -0.1) is 0 Å². The third-order valence-corrected chi connectivity index (χ3v) is 3.67. The minimum Gasteiger partial charge on any atom is -0.494 e. The van der Waals surface area contributed by atoms with E-state index in [1.54, 1.807) is 0 Å². The van der Waals surface area contributed by atoms with Crippen LogP contribution in [0, 0.1) is 11.6 Å². The Morgan fingerprint density at radius 2 is 1.88 bits per heavy atom. The molecule has 26 heavy (non-hydrogen) atoms. The second-order valence-electron chi connectivity index (χ2n) is 5.39. The van der Waals surface area contributed by atoms with Gasteiger partial charge in [-0.2, -0.15) is 0 Å². The molecular weight excluding hydrogens is 368 g/mol. The van der Waals surface area contributed by atoms with Gasteiger partial charge < -0.3 is 14.8 Å². The third kappa shape index (κ3) is 5.16. The molecule has 0 heterocycles. The van der Waals surface area contributed by atoms with E-state index in [9.17, 15) is 18.4 Å². The predicted molar refractivity (Wildman–Crippen MR) is 92.2 cm³/mol. The van der Waals surface area contributed by atoms with E-state index < -0.39 is 29.6 Å². The van der Waals surface area contributed by atoms with Gasteiger partial charge in [-0.3, -0.25) is 9.59 Å². The summed E-state index contributed by atoms with van der Waals surface area (Å²) < 4.78 is 37.1. The topological polar surface area (TPSA) is 64.6 Å². The van der Waals surface area contributed by atoms with Crippen LogP contribution < -0.4 is 10.1 Å². The van der Waals surface area contributed by atoms with Crippen LogP contribution in [0.2, 0.25) is 5.02 Å². The number of carbonyl (C=O) groups is 2. The molecule has 0 saturated heterocycles.